The number of imidazole rings is 1. The van der Waals surface area contributed by atoms with Crippen molar-refractivity contribution in [2.45, 2.75) is 0 Å². The van der Waals surface area contributed by atoms with Gasteiger partial charge in [0.2, 0.25) is 0 Å². The lowest BCUT2D eigenvalue weighted by molar-refractivity contribution is 0.111. The Hall–Kier alpha value is -1.84. The maximum atomic E-state index is 10.6. The molecule has 0 N–H and O–H groups in total. The van der Waals surface area contributed by atoms with Crippen molar-refractivity contribution in [3.05, 3.63) is 30.2 Å². The van der Waals surface area contributed by atoms with Gasteiger partial charge in [-0.05, 0) is 12.1 Å². The SMILES string of the molecule is COc1cccc2cnc(C=O)n12. The average Bonchev–Trinajstić information content (AvgIpc) is 2.60. The molecular formula is C9H8N2O2. The number of aldehydes is 1. The summed E-state index contributed by atoms with van der Waals surface area (Å²) in [5, 5.41) is 0. The minimum absolute atomic E-state index is 0.354. The lowest BCUT2D eigenvalue weighted by Gasteiger charge is -2.03. The fourth-order valence-corrected chi connectivity index (χ4v) is 1.28. The van der Waals surface area contributed by atoms with E-state index < -0.39 is 0 Å². The van der Waals surface area contributed by atoms with Crippen molar-refractivity contribution < 1.29 is 9.53 Å². The van der Waals surface area contributed by atoms with Crippen LogP contribution in [0.2, 0.25) is 0 Å². The average molecular weight is 176 g/mol. The molecule has 0 fully saturated rings. The zero-order valence-corrected chi connectivity index (χ0v) is 7.10. The van der Waals surface area contributed by atoms with Crippen LogP contribution in [0, 0.1) is 0 Å². The summed E-state index contributed by atoms with van der Waals surface area (Å²) >= 11 is 0. The van der Waals surface area contributed by atoms with E-state index in [2.05, 4.69) is 4.98 Å². The molecule has 2 rings (SSSR count). The van der Waals surface area contributed by atoms with E-state index in [0.29, 0.717) is 18.0 Å². The first kappa shape index (κ1) is 7.79. The molecule has 2 aromatic rings. The van der Waals surface area contributed by atoms with Crippen molar-refractivity contribution in [2.24, 2.45) is 0 Å². The second-order valence-electron chi connectivity index (χ2n) is 2.56. The van der Waals surface area contributed by atoms with Gasteiger partial charge in [-0.2, -0.15) is 0 Å². The predicted molar refractivity (Wildman–Crippen MR) is 47.1 cm³/mol. The number of nitrogens with zero attached hydrogens (tertiary/aromatic N) is 2. The molecule has 0 saturated carbocycles. The topological polar surface area (TPSA) is 43.6 Å². The molecule has 0 saturated heterocycles. The van der Waals surface area contributed by atoms with E-state index in [9.17, 15) is 4.79 Å². The Morgan fingerprint density at radius 2 is 2.38 bits per heavy atom. The third-order valence-corrected chi connectivity index (χ3v) is 1.86. The highest BCUT2D eigenvalue weighted by atomic mass is 16.5. The van der Waals surface area contributed by atoms with Gasteiger partial charge >= 0.3 is 0 Å². The van der Waals surface area contributed by atoms with Crippen molar-refractivity contribution in [3.8, 4) is 5.88 Å². The Morgan fingerprint density at radius 1 is 1.54 bits per heavy atom. The summed E-state index contributed by atoms with van der Waals surface area (Å²) in [7, 11) is 1.56. The standard InChI is InChI=1S/C9H8N2O2/c1-13-9-4-2-3-7-5-10-8(6-12)11(7)9/h2-6H,1H3. The minimum Gasteiger partial charge on any atom is -0.482 e. The number of aromatic nitrogens is 2. The molecule has 0 unspecified atom stereocenters. The predicted octanol–water partition coefficient (Wildman–Crippen LogP) is 1.16. The molecule has 0 spiro atoms. The number of hydrogen-bond donors (Lipinski definition) is 0. The summed E-state index contributed by atoms with van der Waals surface area (Å²) in [5.41, 5.74) is 0.849. The zero-order valence-electron chi connectivity index (χ0n) is 7.10. The Morgan fingerprint density at radius 3 is 3.08 bits per heavy atom. The van der Waals surface area contributed by atoms with E-state index in [1.807, 2.05) is 12.1 Å². The second kappa shape index (κ2) is 2.90. The van der Waals surface area contributed by atoms with Crippen molar-refractivity contribution >= 4 is 11.8 Å². The summed E-state index contributed by atoms with van der Waals surface area (Å²) in [5.74, 6) is 0.963. The highest BCUT2D eigenvalue weighted by molar-refractivity contribution is 5.72. The largest absolute Gasteiger partial charge is 0.482 e. The van der Waals surface area contributed by atoms with Gasteiger partial charge in [0.25, 0.3) is 0 Å². The molecule has 0 aliphatic heterocycles. The van der Waals surface area contributed by atoms with Crippen LogP contribution in [0.1, 0.15) is 10.6 Å². The van der Waals surface area contributed by atoms with Gasteiger partial charge in [0.05, 0.1) is 18.8 Å². The van der Waals surface area contributed by atoms with Gasteiger partial charge in [-0.3, -0.25) is 9.20 Å². The number of carbonyl (C=O) groups excluding carboxylic acids is 1. The van der Waals surface area contributed by atoms with E-state index in [-0.39, 0.29) is 0 Å². The van der Waals surface area contributed by atoms with Crippen LogP contribution in [0.4, 0.5) is 0 Å². The first-order chi connectivity index (χ1) is 6.36. The molecule has 4 heteroatoms. The quantitative estimate of drug-likeness (QED) is 0.645. The van der Waals surface area contributed by atoms with E-state index in [1.165, 1.54) is 0 Å². The first-order valence-electron chi connectivity index (χ1n) is 3.82. The van der Waals surface area contributed by atoms with Crippen molar-refractivity contribution in [1.29, 1.82) is 0 Å². The van der Waals surface area contributed by atoms with E-state index in [0.717, 1.165) is 5.52 Å². The number of rotatable bonds is 2. The molecular weight excluding hydrogens is 168 g/mol. The molecule has 0 aliphatic carbocycles. The molecule has 13 heavy (non-hydrogen) atoms. The number of pyridine rings is 1. The van der Waals surface area contributed by atoms with Gasteiger partial charge in [-0.25, -0.2) is 4.98 Å². The number of carbonyl (C=O) groups is 1. The summed E-state index contributed by atoms with van der Waals surface area (Å²) in [4.78, 5) is 14.5. The fourth-order valence-electron chi connectivity index (χ4n) is 1.28. The smallest absolute Gasteiger partial charge is 0.199 e. The normalized spacial score (nSPS) is 10.2. The molecule has 66 valence electrons. The molecule has 0 amide bonds. The first-order valence-corrected chi connectivity index (χ1v) is 3.82. The minimum atomic E-state index is 0.354. The van der Waals surface area contributed by atoms with E-state index in [1.54, 1.807) is 23.8 Å². The monoisotopic (exact) mass is 176 g/mol. The third kappa shape index (κ3) is 1.07. The Kier molecular flexibility index (Phi) is 1.73. The van der Waals surface area contributed by atoms with Gasteiger partial charge in [0, 0.05) is 0 Å². The summed E-state index contributed by atoms with van der Waals surface area (Å²) in [6.45, 7) is 0. The maximum Gasteiger partial charge on any atom is 0.199 e. The summed E-state index contributed by atoms with van der Waals surface area (Å²) in [6.07, 6.45) is 2.34. The summed E-state index contributed by atoms with van der Waals surface area (Å²) < 4.78 is 6.75. The zero-order chi connectivity index (χ0) is 9.26. The van der Waals surface area contributed by atoms with Crippen molar-refractivity contribution in [1.82, 2.24) is 9.38 Å². The van der Waals surface area contributed by atoms with Crippen molar-refractivity contribution in [2.75, 3.05) is 7.11 Å². The number of hydrogen-bond acceptors (Lipinski definition) is 3. The van der Waals surface area contributed by atoms with Gasteiger partial charge in [-0.1, -0.05) is 6.07 Å². The summed E-state index contributed by atoms with van der Waals surface area (Å²) in [6, 6.07) is 5.49. The molecule has 0 bridgehead atoms. The highest BCUT2D eigenvalue weighted by Crippen LogP contribution is 2.15. The van der Waals surface area contributed by atoms with Gasteiger partial charge in [0.1, 0.15) is 0 Å². The van der Waals surface area contributed by atoms with Crippen molar-refractivity contribution in [3.63, 3.8) is 0 Å². The van der Waals surface area contributed by atoms with Crippen LogP contribution >= 0.6 is 0 Å². The maximum absolute atomic E-state index is 10.6. The van der Waals surface area contributed by atoms with Gasteiger partial charge in [0.15, 0.2) is 18.0 Å². The molecule has 0 aromatic carbocycles. The Balaban J connectivity index is 2.83. The van der Waals surface area contributed by atoms with Crippen LogP contribution in [0.25, 0.3) is 5.52 Å². The molecule has 0 radical (unpaired) electrons. The molecule has 0 atom stereocenters. The lowest BCUT2D eigenvalue weighted by atomic mass is 10.4. The third-order valence-electron chi connectivity index (χ3n) is 1.86. The van der Waals surface area contributed by atoms with Crippen LogP contribution in [0.5, 0.6) is 5.88 Å². The molecule has 2 aromatic heterocycles. The highest BCUT2D eigenvalue weighted by Gasteiger charge is 2.05. The van der Waals surface area contributed by atoms with Gasteiger partial charge < -0.3 is 4.74 Å². The molecule has 0 aliphatic rings. The van der Waals surface area contributed by atoms with Crippen LogP contribution in [0.3, 0.4) is 0 Å². The Bertz CT molecular complexity index is 448. The lowest BCUT2D eigenvalue weighted by Crippen LogP contribution is -1.97. The number of methoxy groups -OCH3 is 1. The number of ether oxygens (including phenoxy) is 1. The fraction of sp³-hybridized carbons (Fsp3) is 0.111. The van der Waals surface area contributed by atoms with Gasteiger partial charge in [-0.15, -0.1) is 0 Å². The molecule has 2 heterocycles. The van der Waals surface area contributed by atoms with E-state index in [4.69, 9.17) is 4.74 Å². The molecule has 4 nitrogen and oxygen atoms in total. The van der Waals surface area contributed by atoms with Crippen LogP contribution < -0.4 is 4.74 Å². The van der Waals surface area contributed by atoms with Crippen LogP contribution in [0.15, 0.2) is 24.4 Å². The second-order valence-corrected chi connectivity index (χ2v) is 2.56. The number of fused-ring (bicyclic) bond motifs is 1. The Labute approximate surface area is 74.8 Å². The van der Waals surface area contributed by atoms with Crippen LogP contribution in [-0.4, -0.2) is 22.8 Å². The van der Waals surface area contributed by atoms with E-state index >= 15 is 0 Å². The van der Waals surface area contributed by atoms with Crippen LogP contribution in [-0.2, 0) is 0 Å².